The Morgan fingerprint density at radius 2 is 2.13 bits per heavy atom. The minimum Gasteiger partial charge on any atom is -0.463 e. The first-order valence-corrected chi connectivity index (χ1v) is 6.14. The van der Waals surface area contributed by atoms with Crippen molar-refractivity contribution in [2.75, 3.05) is 6.61 Å². The zero-order chi connectivity index (χ0) is 10.5. The second-order valence-corrected chi connectivity index (χ2v) is 4.81. The lowest BCUT2D eigenvalue weighted by Crippen LogP contribution is -2.02. The van der Waals surface area contributed by atoms with Crippen LogP contribution in [0.2, 0.25) is 0 Å². The molecule has 0 radical (unpaired) electrons. The molecule has 15 heavy (non-hydrogen) atoms. The molecule has 0 aliphatic carbocycles. The molecule has 5 heteroatoms. The molecule has 0 aliphatic rings. The zero-order valence-electron chi connectivity index (χ0n) is 7.89. The summed E-state index contributed by atoms with van der Waals surface area (Å²) in [5.74, 6) is 0. The molecule has 0 aromatic carbocycles. The van der Waals surface area contributed by atoms with E-state index in [1.54, 1.807) is 23.7 Å². The summed E-state index contributed by atoms with van der Waals surface area (Å²) in [5.41, 5.74) is 0. The summed E-state index contributed by atoms with van der Waals surface area (Å²) in [6, 6.07) is 4.56. The van der Waals surface area contributed by atoms with Gasteiger partial charge in [-0.2, -0.15) is 0 Å². The van der Waals surface area contributed by atoms with E-state index in [1.165, 1.54) is 4.88 Å². The highest BCUT2D eigenvalue weighted by atomic mass is 79.9. The third-order valence-corrected chi connectivity index (χ3v) is 3.10. The lowest BCUT2D eigenvalue weighted by Gasteiger charge is -2.02. The largest absolute Gasteiger partial charge is 0.463 e. The standard InChI is InChI=1S/C10H9BrN2OS/c11-8-6-12-10(13-7-8)14-4-3-9-2-1-5-15-9/h1-2,5-7H,3-4H2. The van der Waals surface area contributed by atoms with Crippen molar-refractivity contribution in [3.05, 3.63) is 39.3 Å². The maximum absolute atomic E-state index is 5.40. The SMILES string of the molecule is Brc1cnc(OCCc2cccs2)nc1. The maximum atomic E-state index is 5.40. The summed E-state index contributed by atoms with van der Waals surface area (Å²) in [6.07, 6.45) is 4.25. The number of rotatable bonds is 4. The highest BCUT2D eigenvalue weighted by Gasteiger charge is 1.98. The van der Waals surface area contributed by atoms with Crippen molar-refractivity contribution in [1.29, 1.82) is 0 Å². The monoisotopic (exact) mass is 284 g/mol. The molecule has 0 amide bonds. The molecular weight excluding hydrogens is 276 g/mol. The normalized spacial score (nSPS) is 10.2. The van der Waals surface area contributed by atoms with Crippen molar-refractivity contribution in [3.8, 4) is 6.01 Å². The number of aromatic nitrogens is 2. The van der Waals surface area contributed by atoms with E-state index in [0.29, 0.717) is 12.6 Å². The minimum absolute atomic E-state index is 0.426. The van der Waals surface area contributed by atoms with Gasteiger partial charge in [-0.1, -0.05) is 6.07 Å². The second kappa shape index (κ2) is 5.23. The first-order chi connectivity index (χ1) is 7.34. The highest BCUT2D eigenvalue weighted by Crippen LogP contribution is 2.11. The summed E-state index contributed by atoms with van der Waals surface area (Å²) >= 11 is 5.00. The van der Waals surface area contributed by atoms with Gasteiger partial charge < -0.3 is 4.74 Å². The fraction of sp³-hybridized carbons (Fsp3) is 0.200. The van der Waals surface area contributed by atoms with Gasteiger partial charge in [-0.25, -0.2) is 9.97 Å². The Morgan fingerprint density at radius 1 is 1.33 bits per heavy atom. The third-order valence-electron chi connectivity index (χ3n) is 1.76. The van der Waals surface area contributed by atoms with Crippen molar-refractivity contribution >= 4 is 27.3 Å². The second-order valence-electron chi connectivity index (χ2n) is 2.86. The average Bonchev–Trinajstić information content (AvgIpc) is 2.74. The Bertz CT molecular complexity index is 402. The van der Waals surface area contributed by atoms with Crippen molar-refractivity contribution in [3.63, 3.8) is 0 Å². The van der Waals surface area contributed by atoms with E-state index in [-0.39, 0.29) is 0 Å². The van der Waals surface area contributed by atoms with Gasteiger partial charge >= 0.3 is 6.01 Å². The predicted molar refractivity (Wildman–Crippen MR) is 63.3 cm³/mol. The van der Waals surface area contributed by atoms with E-state index in [2.05, 4.69) is 37.3 Å². The minimum atomic E-state index is 0.426. The summed E-state index contributed by atoms with van der Waals surface area (Å²) < 4.78 is 6.25. The molecule has 0 spiro atoms. The maximum Gasteiger partial charge on any atom is 0.316 e. The van der Waals surface area contributed by atoms with Gasteiger partial charge in [0.15, 0.2) is 0 Å². The van der Waals surface area contributed by atoms with Gasteiger partial charge in [-0.05, 0) is 27.4 Å². The first kappa shape index (κ1) is 10.6. The van der Waals surface area contributed by atoms with E-state index in [1.807, 2.05) is 6.07 Å². The van der Waals surface area contributed by atoms with Gasteiger partial charge in [-0.3, -0.25) is 0 Å². The average molecular weight is 285 g/mol. The van der Waals surface area contributed by atoms with Gasteiger partial charge in [0.05, 0.1) is 11.1 Å². The van der Waals surface area contributed by atoms with Crippen LogP contribution in [0.3, 0.4) is 0 Å². The molecule has 0 saturated heterocycles. The number of ether oxygens (including phenoxy) is 1. The van der Waals surface area contributed by atoms with Crippen LogP contribution >= 0.6 is 27.3 Å². The number of nitrogens with zero attached hydrogens (tertiary/aromatic N) is 2. The fourth-order valence-corrected chi connectivity index (χ4v) is 1.97. The lowest BCUT2D eigenvalue weighted by atomic mass is 10.4. The Labute approximate surface area is 100 Å². The molecule has 3 nitrogen and oxygen atoms in total. The molecule has 2 aromatic rings. The van der Waals surface area contributed by atoms with Gasteiger partial charge in [0, 0.05) is 23.7 Å². The molecule has 0 aliphatic heterocycles. The Hall–Kier alpha value is -0.940. The Kier molecular flexibility index (Phi) is 3.69. The van der Waals surface area contributed by atoms with Crippen LogP contribution in [0.25, 0.3) is 0 Å². The Morgan fingerprint density at radius 3 is 2.80 bits per heavy atom. The summed E-state index contributed by atoms with van der Waals surface area (Å²) in [5, 5.41) is 2.06. The lowest BCUT2D eigenvalue weighted by molar-refractivity contribution is 0.297. The van der Waals surface area contributed by atoms with Crippen LogP contribution in [0, 0.1) is 0 Å². The van der Waals surface area contributed by atoms with E-state index in [4.69, 9.17) is 4.74 Å². The summed E-state index contributed by atoms with van der Waals surface area (Å²) in [6.45, 7) is 0.613. The molecule has 0 fully saturated rings. The molecule has 2 aromatic heterocycles. The van der Waals surface area contributed by atoms with Crippen LogP contribution in [0.1, 0.15) is 4.88 Å². The van der Waals surface area contributed by atoms with Crippen molar-refractivity contribution in [2.45, 2.75) is 6.42 Å². The molecule has 0 N–H and O–H groups in total. The van der Waals surface area contributed by atoms with E-state index in [0.717, 1.165) is 10.9 Å². The molecule has 0 unspecified atom stereocenters. The smallest absolute Gasteiger partial charge is 0.316 e. The predicted octanol–water partition coefficient (Wildman–Crippen LogP) is 2.92. The van der Waals surface area contributed by atoms with Crippen molar-refractivity contribution in [2.24, 2.45) is 0 Å². The van der Waals surface area contributed by atoms with E-state index in [9.17, 15) is 0 Å². The van der Waals surface area contributed by atoms with Gasteiger partial charge in [-0.15, -0.1) is 11.3 Å². The van der Waals surface area contributed by atoms with Gasteiger partial charge in [0.2, 0.25) is 0 Å². The molecule has 0 bridgehead atoms. The number of hydrogen-bond acceptors (Lipinski definition) is 4. The van der Waals surface area contributed by atoms with Gasteiger partial charge in [0.25, 0.3) is 0 Å². The first-order valence-electron chi connectivity index (χ1n) is 4.47. The van der Waals surface area contributed by atoms with Crippen LogP contribution in [0.15, 0.2) is 34.4 Å². The molecule has 2 rings (SSSR count). The van der Waals surface area contributed by atoms with Crippen molar-refractivity contribution in [1.82, 2.24) is 9.97 Å². The van der Waals surface area contributed by atoms with E-state index < -0.39 is 0 Å². The third kappa shape index (κ3) is 3.28. The molecule has 78 valence electrons. The van der Waals surface area contributed by atoms with Crippen LogP contribution < -0.4 is 4.74 Å². The topological polar surface area (TPSA) is 35.0 Å². The number of hydrogen-bond donors (Lipinski definition) is 0. The molecule has 0 atom stereocenters. The molecule has 2 heterocycles. The fourth-order valence-electron chi connectivity index (χ4n) is 1.07. The quantitative estimate of drug-likeness (QED) is 0.866. The highest BCUT2D eigenvalue weighted by molar-refractivity contribution is 9.10. The molecule has 0 saturated carbocycles. The van der Waals surface area contributed by atoms with Gasteiger partial charge in [0.1, 0.15) is 0 Å². The van der Waals surface area contributed by atoms with Crippen LogP contribution in [0.4, 0.5) is 0 Å². The zero-order valence-corrected chi connectivity index (χ0v) is 10.3. The van der Waals surface area contributed by atoms with Crippen molar-refractivity contribution < 1.29 is 4.74 Å². The summed E-state index contributed by atoms with van der Waals surface area (Å²) in [4.78, 5) is 9.35. The number of thiophene rings is 1. The van der Waals surface area contributed by atoms with Crippen LogP contribution in [-0.2, 0) is 6.42 Å². The van der Waals surface area contributed by atoms with Crippen LogP contribution in [-0.4, -0.2) is 16.6 Å². The Balaban J connectivity index is 1.81. The van der Waals surface area contributed by atoms with Crippen LogP contribution in [0.5, 0.6) is 6.01 Å². The molecular formula is C10H9BrN2OS. The van der Waals surface area contributed by atoms with E-state index >= 15 is 0 Å². The summed E-state index contributed by atoms with van der Waals surface area (Å²) in [7, 11) is 0. The number of halogens is 1.